The largest absolute Gasteiger partial charge is 0.347 e. The lowest BCUT2D eigenvalue weighted by Crippen LogP contribution is -2.23. The van der Waals surface area contributed by atoms with Crippen molar-refractivity contribution in [2.45, 2.75) is 13.5 Å². The zero-order chi connectivity index (χ0) is 17.1. The summed E-state index contributed by atoms with van der Waals surface area (Å²) >= 11 is 5.94. The third-order valence-corrected chi connectivity index (χ3v) is 3.98. The van der Waals surface area contributed by atoms with Crippen LogP contribution in [0.5, 0.6) is 0 Å². The maximum absolute atomic E-state index is 13.0. The molecule has 122 valence electrons. The minimum atomic E-state index is -0.411. The van der Waals surface area contributed by atoms with Gasteiger partial charge >= 0.3 is 0 Å². The molecule has 0 aliphatic carbocycles. The number of hydrogen-bond acceptors (Lipinski definition) is 2. The van der Waals surface area contributed by atoms with E-state index in [0.29, 0.717) is 17.0 Å². The van der Waals surface area contributed by atoms with Gasteiger partial charge in [-0.15, -0.1) is 0 Å². The number of nitrogens with one attached hydrogen (secondary N) is 2. The fourth-order valence-electron chi connectivity index (χ4n) is 2.25. The van der Waals surface area contributed by atoms with Crippen LogP contribution in [0.2, 0.25) is 5.02 Å². The predicted octanol–water partition coefficient (Wildman–Crippen LogP) is 4.11. The zero-order valence-electron chi connectivity index (χ0n) is 12.9. The van der Waals surface area contributed by atoms with Gasteiger partial charge in [-0.05, 0) is 30.7 Å². The highest BCUT2D eigenvalue weighted by Gasteiger charge is 2.11. The summed E-state index contributed by atoms with van der Waals surface area (Å²) in [7, 11) is 0. The van der Waals surface area contributed by atoms with Crippen LogP contribution in [0.15, 0.2) is 48.5 Å². The Balaban J connectivity index is 1.68. The molecular formula is C18H15ClFN3O. The molecule has 0 aliphatic rings. The minimum absolute atomic E-state index is 0.205. The van der Waals surface area contributed by atoms with E-state index in [1.54, 1.807) is 12.1 Å². The van der Waals surface area contributed by atoms with E-state index in [2.05, 4.69) is 15.5 Å². The number of benzene rings is 2. The van der Waals surface area contributed by atoms with E-state index in [0.717, 1.165) is 11.1 Å². The van der Waals surface area contributed by atoms with Crippen LogP contribution in [0.3, 0.4) is 0 Å². The van der Waals surface area contributed by atoms with Gasteiger partial charge in [0.1, 0.15) is 11.5 Å². The fourth-order valence-corrected chi connectivity index (χ4v) is 2.48. The maximum Gasteiger partial charge on any atom is 0.269 e. The topological polar surface area (TPSA) is 57.8 Å². The van der Waals surface area contributed by atoms with Crippen molar-refractivity contribution in [2.24, 2.45) is 0 Å². The molecule has 0 spiro atoms. The number of H-pyrrole nitrogens is 1. The molecule has 2 N–H and O–H groups in total. The molecule has 0 saturated carbocycles. The second-order valence-electron chi connectivity index (χ2n) is 5.45. The number of rotatable bonds is 4. The van der Waals surface area contributed by atoms with Crippen LogP contribution in [0.4, 0.5) is 4.39 Å². The predicted molar refractivity (Wildman–Crippen MR) is 91.3 cm³/mol. The quantitative estimate of drug-likeness (QED) is 0.749. The first kappa shape index (κ1) is 16.2. The van der Waals surface area contributed by atoms with E-state index in [1.165, 1.54) is 12.1 Å². The van der Waals surface area contributed by atoms with Gasteiger partial charge in [-0.1, -0.05) is 47.5 Å². The van der Waals surface area contributed by atoms with E-state index in [-0.39, 0.29) is 17.5 Å². The average Bonchev–Trinajstić information content (AvgIpc) is 3.04. The molecule has 4 nitrogen and oxygen atoms in total. The second kappa shape index (κ2) is 6.84. The first-order chi connectivity index (χ1) is 11.5. The first-order valence-electron chi connectivity index (χ1n) is 7.37. The van der Waals surface area contributed by atoms with Gasteiger partial charge in [0.05, 0.1) is 5.69 Å². The van der Waals surface area contributed by atoms with Gasteiger partial charge in [-0.2, -0.15) is 5.10 Å². The summed E-state index contributed by atoms with van der Waals surface area (Å²) in [6.45, 7) is 2.21. The Morgan fingerprint density at radius 2 is 1.96 bits per heavy atom. The van der Waals surface area contributed by atoms with Crippen LogP contribution in [-0.4, -0.2) is 16.1 Å². The summed E-state index contributed by atoms with van der Waals surface area (Å²) in [5, 5.41) is 9.89. The summed E-state index contributed by atoms with van der Waals surface area (Å²) in [4.78, 5) is 12.2. The molecule has 0 aliphatic heterocycles. The van der Waals surface area contributed by atoms with Crippen LogP contribution in [-0.2, 0) is 6.54 Å². The van der Waals surface area contributed by atoms with Crippen molar-refractivity contribution < 1.29 is 9.18 Å². The molecule has 6 heteroatoms. The van der Waals surface area contributed by atoms with Crippen LogP contribution < -0.4 is 5.32 Å². The summed E-state index contributed by atoms with van der Waals surface area (Å²) in [6.07, 6.45) is 0. The standard InChI is InChI=1S/C18H15ClFN3O/c1-11-2-4-12(5-3-11)16-9-17(23-22-16)18(24)21-10-13-6-7-14(20)8-15(13)19/h2-9H,10H2,1H3,(H,21,24)(H,22,23). The van der Waals surface area contributed by atoms with Crippen molar-refractivity contribution in [3.63, 3.8) is 0 Å². The van der Waals surface area contributed by atoms with E-state index < -0.39 is 5.82 Å². The van der Waals surface area contributed by atoms with Gasteiger partial charge in [0, 0.05) is 17.1 Å². The van der Waals surface area contributed by atoms with E-state index in [4.69, 9.17) is 11.6 Å². The molecule has 3 aromatic rings. The molecule has 0 unspecified atom stereocenters. The Morgan fingerprint density at radius 3 is 2.67 bits per heavy atom. The Bertz CT molecular complexity index is 874. The number of nitrogens with zero attached hydrogens (tertiary/aromatic N) is 1. The molecule has 0 saturated heterocycles. The molecule has 2 aromatic carbocycles. The van der Waals surface area contributed by atoms with Gasteiger partial charge in [-0.25, -0.2) is 4.39 Å². The van der Waals surface area contributed by atoms with Crippen molar-refractivity contribution in [3.8, 4) is 11.3 Å². The lowest BCUT2D eigenvalue weighted by Gasteiger charge is -2.05. The van der Waals surface area contributed by atoms with Crippen molar-refractivity contribution in [2.75, 3.05) is 0 Å². The highest BCUT2D eigenvalue weighted by atomic mass is 35.5. The Morgan fingerprint density at radius 1 is 1.21 bits per heavy atom. The molecule has 1 amide bonds. The monoisotopic (exact) mass is 343 g/mol. The molecule has 0 radical (unpaired) electrons. The summed E-state index contributed by atoms with van der Waals surface area (Å²) in [6, 6.07) is 13.6. The molecule has 1 aromatic heterocycles. The number of aryl methyl sites for hydroxylation is 1. The number of aromatic amines is 1. The molecule has 0 fully saturated rings. The molecule has 0 atom stereocenters. The van der Waals surface area contributed by atoms with Crippen molar-refractivity contribution in [1.82, 2.24) is 15.5 Å². The van der Waals surface area contributed by atoms with Gasteiger partial charge in [0.25, 0.3) is 5.91 Å². The van der Waals surface area contributed by atoms with Crippen molar-refractivity contribution >= 4 is 17.5 Å². The lowest BCUT2D eigenvalue weighted by molar-refractivity contribution is 0.0946. The number of carbonyl (C=O) groups is 1. The summed E-state index contributed by atoms with van der Waals surface area (Å²) in [5.41, 5.74) is 3.77. The first-order valence-corrected chi connectivity index (χ1v) is 7.75. The Hall–Kier alpha value is -2.66. The zero-order valence-corrected chi connectivity index (χ0v) is 13.7. The summed E-state index contributed by atoms with van der Waals surface area (Å²) < 4.78 is 13.0. The highest BCUT2D eigenvalue weighted by molar-refractivity contribution is 6.31. The Labute approximate surface area is 143 Å². The number of carbonyl (C=O) groups excluding carboxylic acids is 1. The van der Waals surface area contributed by atoms with Gasteiger partial charge in [0.2, 0.25) is 0 Å². The highest BCUT2D eigenvalue weighted by Crippen LogP contribution is 2.19. The fraction of sp³-hybridized carbons (Fsp3) is 0.111. The maximum atomic E-state index is 13.0. The van der Waals surface area contributed by atoms with Crippen LogP contribution in [0, 0.1) is 12.7 Å². The molecule has 3 rings (SSSR count). The van der Waals surface area contributed by atoms with Gasteiger partial charge in [0.15, 0.2) is 0 Å². The van der Waals surface area contributed by atoms with E-state index in [9.17, 15) is 9.18 Å². The number of hydrogen-bond donors (Lipinski definition) is 2. The molecule has 1 heterocycles. The average molecular weight is 344 g/mol. The molecule has 24 heavy (non-hydrogen) atoms. The number of halogens is 2. The van der Waals surface area contributed by atoms with E-state index >= 15 is 0 Å². The van der Waals surface area contributed by atoms with Crippen LogP contribution in [0.25, 0.3) is 11.3 Å². The third kappa shape index (κ3) is 3.63. The smallest absolute Gasteiger partial charge is 0.269 e. The van der Waals surface area contributed by atoms with Gasteiger partial charge in [-0.3, -0.25) is 9.89 Å². The van der Waals surface area contributed by atoms with Crippen LogP contribution >= 0.6 is 11.6 Å². The normalized spacial score (nSPS) is 10.6. The summed E-state index contributed by atoms with van der Waals surface area (Å²) in [5.74, 6) is -0.715. The Kier molecular flexibility index (Phi) is 4.62. The SMILES string of the molecule is Cc1ccc(-c2cc(C(=O)NCc3ccc(F)cc3Cl)[nH]n2)cc1. The lowest BCUT2D eigenvalue weighted by atomic mass is 10.1. The third-order valence-electron chi connectivity index (χ3n) is 3.62. The minimum Gasteiger partial charge on any atom is -0.347 e. The number of aromatic nitrogens is 2. The van der Waals surface area contributed by atoms with E-state index in [1.807, 2.05) is 31.2 Å². The van der Waals surface area contributed by atoms with Crippen LogP contribution in [0.1, 0.15) is 21.6 Å². The van der Waals surface area contributed by atoms with Crippen molar-refractivity contribution in [1.29, 1.82) is 0 Å². The van der Waals surface area contributed by atoms with Gasteiger partial charge < -0.3 is 5.32 Å². The number of amides is 1. The van der Waals surface area contributed by atoms with Crippen molar-refractivity contribution in [3.05, 3.63) is 76.2 Å². The molecule has 0 bridgehead atoms. The molecular weight excluding hydrogens is 329 g/mol. The second-order valence-corrected chi connectivity index (χ2v) is 5.86.